The number of nitro groups is 2. The van der Waals surface area contributed by atoms with Gasteiger partial charge in [0.2, 0.25) is 0 Å². The lowest BCUT2D eigenvalue weighted by atomic mass is 10.1. The number of para-hydroxylation sites is 1. The average Bonchev–Trinajstić information content (AvgIpc) is 2.89. The highest BCUT2D eigenvalue weighted by Gasteiger charge is 2.29. The number of sulfonamides is 1. The number of hydrogen-bond acceptors (Lipinski definition) is 9. The van der Waals surface area contributed by atoms with Gasteiger partial charge in [0, 0.05) is 24.4 Å². The van der Waals surface area contributed by atoms with Crippen molar-refractivity contribution in [1.29, 1.82) is 0 Å². The molecular weight excluding hydrogens is 568 g/mol. The molecule has 0 aromatic heterocycles. The summed E-state index contributed by atoms with van der Waals surface area (Å²) < 4.78 is 26.7. The molecule has 0 aliphatic rings. The molecule has 0 aliphatic heterocycles. The second-order valence-electron chi connectivity index (χ2n) is 8.20. The third kappa shape index (κ3) is 7.42. The quantitative estimate of drug-likeness (QED) is 0.135. The van der Waals surface area contributed by atoms with Crippen LogP contribution in [0.3, 0.4) is 0 Å². The largest absolute Gasteiger partial charge is 0.343 e. The smallest absolute Gasteiger partial charge is 0.328 e. The number of carbonyl (C=O) groups is 2. The maximum absolute atomic E-state index is 12.9. The Kier molecular flexibility index (Phi) is 9.58. The summed E-state index contributed by atoms with van der Waals surface area (Å²) in [5, 5.41) is 31.1. The van der Waals surface area contributed by atoms with E-state index in [1.165, 1.54) is 24.3 Å². The van der Waals surface area contributed by atoms with Gasteiger partial charge in [-0.25, -0.2) is 17.9 Å². The molecule has 3 rings (SSSR count). The van der Waals surface area contributed by atoms with E-state index < -0.39 is 54.4 Å². The number of amides is 3. The fraction of sp³-hybridized carbons (Fsp3) is 0.167. The predicted octanol–water partition coefficient (Wildman–Crippen LogP) is 4.94. The number of halogens is 1. The minimum absolute atomic E-state index is 0.0833. The summed E-state index contributed by atoms with van der Waals surface area (Å²) in [5.74, 6) is -0.931. The maximum atomic E-state index is 12.9. The molecule has 16 heteroatoms. The van der Waals surface area contributed by atoms with Crippen LogP contribution in [0.1, 0.15) is 30.1 Å². The number of urea groups is 1. The average molecular weight is 591 g/mol. The van der Waals surface area contributed by atoms with Crippen LogP contribution < -0.4 is 20.7 Å². The summed E-state index contributed by atoms with van der Waals surface area (Å²) in [5.41, 5.74) is -2.10. The monoisotopic (exact) mass is 590 g/mol. The Hall–Kier alpha value is -4.76. The number of nitro benzene ring substituents is 2. The van der Waals surface area contributed by atoms with Gasteiger partial charge in [-0.05, 0) is 42.8 Å². The van der Waals surface area contributed by atoms with E-state index in [9.17, 15) is 38.2 Å². The summed E-state index contributed by atoms with van der Waals surface area (Å²) in [4.78, 5) is 46.2. The molecule has 0 fully saturated rings. The lowest BCUT2D eigenvalue weighted by molar-refractivity contribution is -0.392. The third-order valence-corrected chi connectivity index (χ3v) is 7.03. The van der Waals surface area contributed by atoms with E-state index in [0.29, 0.717) is 13.0 Å². The van der Waals surface area contributed by atoms with Crippen molar-refractivity contribution in [2.24, 2.45) is 0 Å². The number of unbranched alkanes of at least 4 members (excludes halogenated alkanes) is 1. The van der Waals surface area contributed by atoms with Crippen molar-refractivity contribution >= 4 is 62.0 Å². The Morgan fingerprint density at radius 3 is 2.10 bits per heavy atom. The highest BCUT2D eigenvalue weighted by Crippen LogP contribution is 2.39. The van der Waals surface area contributed by atoms with Crippen LogP contribution >= 0.6 is 11.6 Å². The van der Waals surface area contributed by atoms with Gasteiger partial charge in [0.1, 0.15) is 0 Å². The molecule has 14 nitrogen and oxygen atoms in total. The van der Waals surface area contributed by atoms with Crippen LogP contribution in [0.2, 0.25) is 5.02 Å². The van der Waals surface area contributed by atoms with Crippen molar-refractivity contribution in [3.63, 3.8) is 0 Å². The molecule has 0 aliphatic carbocycles. The first kappa shape index (κ1) is 29.8. The van der Waals surface area contributed by atoms with Crippen molar-refractivity contribution in [3.05, 3.63) is 91.5 Å². The second kappa shape index (κ2) is 12.9. The number of nitrogens with one attached hydrogen (secondary N) is 4. The molecule has 4 N–H and O–H groups in total. The van der Waals surface area contributed by atoms with E-state index in [1.807, 2.05) is 11.6 Å². The van der Waals surface area contributed by atoms with Gasteiger partial charge in [-0.15, -0.1) is 0 Å². The minimum Gasteiger partial charge on any atom is -0.343 e. The van der Waals surface area contributed by atoms with Crippen LogP contribution in [0.5, 0.6) is 0 Å². The van der Waals surface area contributed by atoms with E-state index in [2.05, 4.69) is 16.0 Å². The number of benzene rings is 3. The molecule has 0 saturated carbocycles. The van der Waals surface area contributed by atoms with Gasteiger partial charge in [0.25, 0.3) is 15.9 Å². The number of hydrogen-bond donors (Lipinski definition) is 4. The van der Waals surface area contributed by atoms with Crippen LogP contribution in [0, 0.1) is 20.2 Å². The Balaban J connectivity index is 1.84. The molecule has 0 radical (unpaired) electrons. The van der Waals surface area contributed by atoms with Crippen LogP contribution in [0.15, 0.2) is 65.6 Å². The summed E-state index contributed by atoms with van der Waals surface area (Å²) >= 11 is 6.07. The van der Waals surface area contributed by atoms with Crippen molar-refractivity contribution in [2.45, 2.75) is 24.7 Å². The van der Waals surface area contributed by atoms with E-state index >= 15 is 0 Å². The van der Waals surface area contributed by atoms with Crippen molar-refractivity contribution in [1.82, 2.24) is 10.0 Å². The van der Waals surface area contributed by atoms with Gasteiger partial charge in [0.15, 0.2) is 5.69 Å². The first-order chi connectivity index (χ1) is 18.9. The Morgan fingerprint density at radius 2 is 1.55 bits per heavy atom. The number of anilines is 3. The topological polar surface area (TPSA) is 203 Å². The lowest BCUT2D eigenvalue weighted by Crippen LogP contribution is -2.39. The fourth-order valence-electron chi connectivity index (χ4n) is 3.37. The normalized spacial score (nSPS) is 10.8. The minimum atomic E-state index is -4.20. The molecule has 0 unspecified atom stereocenters. The molecule has 210 valence electrons. The molecular formula is C24H23ClN6O8S. The van der Waals surface area contributed by atoms with Gasteiger partial charge in [-0.3, -0.25) is 25.0 Å². The Morgan fingerprint density at radius 1 is 0.950 bits per heavy atom. The highest BCUT2D eigenvalue weighted by molar-refractivity contribution is 7.90. The number of rotatable bonds is 11. The first-order valence-corrected chi connectivity index (χ1v) is 13.5. The molecule has 0 saturated heterocycles. The van der Waals surface area contributed by atoms with Crippen molar-refractivity contribution < 1.29 is 27.9 Å². The molecule has 3 aromatic rings. The molecule has 40 heavy (non-hydrogen) atoms. The van der Waals surface area contributed by atoms with Gasteiger partial charge in [-0.1, -0.05) is 37.1 Å². The highest BCUT2D eigenvalue weighted by atomic mass is 35.5. The lowest BCUT2D eigenvalue weighted by Gasteiger charge is -2.12. The Bertz CT molecular complexity index is 1530. The molecule has 0 spiro atoms. The predicted molar refractivity (Wildman–Crippen MR) is 148 cm³/mol. The van der Waals surface area contributed by atoms with Crippen molar-refractivity contribution in [3.8, 4) is 0 Å². The standard InChI is InChI=1S/C24H23ClN6O8S/c1-2-3-12-26-24(33)29-40(38,39)17-10-8-16(9-11-17)27-23(32)15-13-20(30(34)35)22(21(14-15)31(36)37)28-19-7-5-4-6-18(19)25/h4-11,13-14,28H,2-3,12H2,1H3,(H,27,32)(H2,26,29,33). The SMILES string of the molecule is CCCCNC(=O)NS(=O)(=O)c1ccc(NC(=O)c2cc([N+](=O)[O-])c(Nc3ccccc3Cl)c([N+](=O)[O-])c2)cc1. The molecule has 3 aromatic carbocycles. The zero-order chi connectivity index (χ0) is 29.4. The molecule has 0 heterocycles. The van der Waals surface area contributed by atoms with E-state index in [0.717, 1.165) is 30.7 Å². The maximum Gasteiger partial charge on any atom is 0.328 e. The van der Waals surface area contributed by atoms with Crippen LogP contribution in [-0.4, -0.2) is 36.7 Å². The van der Waals surface area contributed by atoms with E-state index in [1.54, 1.807) is 12.1 Å². The zero-order valence-electron chi connectivity index (χ0n) is 20.8. The molecule has 0 atom stereocenters. The van der Waals surface area contributed by atoms with E-state index in [4.69, 9.17) is 11.6 Å². The molecule has 0 bridgehead atoms. The van der Waals surface area contributed by atoms with Gasteiger partial charge in [0.05, 0.1) is 31.0 Å². The first-order valence-electron chi connectivity index (χ1n) is 11.6. The number of carbonyl (C=O) groups excluding carboxylic acids is 2. The second-order valence-corrected chi connectivity index (χ2v) is 10.3. The van der Waals surface area contributed by atoms with Gasteiger partial charge in [-0.2, -0.15) is 0 Å². The van der Waals surface area contributed by atoms with Crippen LogP contribution in [0.4, 0.5) is 33.2 Å². The third-order valence-electron chi connectivity index (χ3n) is 5.35. The number of nitrogens with zero attached hydrogens (tertiary/aromatic N) is 2. The van der Waals surface area contributed by atoms with Gasteiger partial charge < -0.3 is 16.0 Å². The summed E-state index contributed by atoms with van der Waals surface area (Å²) in [6, 6.07) is 11.7. The van der Waals surface area contributed by atoms with Gasteiger partial charge >= 0.3 is 17.4 Å². The van der Waals surface area contributed by atoms with Crippen LogP contribution in [-0.2, 0) is 10.0 Å². The zero-order valence-corrected chi connectivity index (χ0v) is 22.4. The van der Waals surface area contributed by atoms with E-state index in [-0.39, 0.29) is 21.3 Å². The fourth-order valence-corrected chi connectivity index (χ4v) is 4.48. The summed E-state index contributed by atoms with van der Waals surface area (Å²) in [6.45, 7) is 2.21. The Labute approximate surface area is 233 Å². The summed E-state index contributed by atoms with van der Waals surface area (Å²) in [7, 11) is -4.20. The van der Waals surface area contributed by atoms with Crippen molar-refractivity contribution in [2.75, 3.05) is 17.2 Å². The summed E-state index contributed by atoms with van der Waals surface area (Å²) in [6.07, 6.45) is 1.49. The van der Waals surface area contributed by atoms with Crippen LogP contribution in [0.25, 0.3) is 0 Å². The molecule has 3 amide bonds.